The molecule has 98 valence electrons. The zero-order valence-electron chi connectivity index (χ0n) is 11.4. The number of nitrogens with one attached hydrogen (secondary N) is 1. The summed E-state index contributed by atoms with van der Waals surface area (Å²) in [5.41, 5.74) is 7.30. The van der Waals surface area contributed by atoms with Crippen LogP contribution in [-0.4, -0.2) is 11.8 Å². The Bertz CT molecular complexity index is 603. The molecule has 19 heavy (non-hydrogen) atoms. The largest absolute Gasteiger partial charge is 0.495 e. The fraction of sp³-hybridized carbons (Fsp3) is 0.267. The number of nitriles is 1. The van der Waals surface area contributed by atoms with Crippen LogP contribution < -0.4 is 10.2 Å². The van der Waals surface area contributed by atoms with Crippen molar-refractivity contribution in [2.24, 2.45) is 0 Å². The lowest BCUT2D eigenvalue weighted by molar-refractivity contribution is 0.413. The van der Waals surface area contributed by atoms with Gasteiger partial charge in [0.2, 0.25) is 0 Å². The molecular weight excluding hydrogens is 238 g/mol. The van der Waals surface area contributed by atoms with Gasteiger partial charge in [0.1, 0.15) is 11.8 Å². The van der Waals surface area contributed by atoms with Gasteiger partial charge in [0, 0.05) is 11.4 Å². The smallest absolute Gasteiger partial charge is 0.136 e. The molecule has 4 nitrogen and oxygen atoms in total. The van der Waals surface area contributed by atoms with Crippen LogP contribution in [0.3, 0.4) is 0 Å². The molecule has 0 atom stereocenters. The molecule has 0 saturated carbocycles. The van der Waals surface area contributed by atoms with Gasteiger partial charge in [-0.3, -0.25) is 4.68 Å². The summed E-state index contributed by atoms with van der Waals surface area (Å²) in [5, 5.41) is 8.94. The number of hydrogen-bond acceptors (Lipinski definition) is 3. The van der Waals surface area contributed by atoms with E-state index >= 15 is 0 Å². The molecule has 0 amide bonds. The predicted molar refractivity (Wildman–Crippen MR) is 74.7 cm³/mol. The highest BCUT2D eigenvalue weighted by molar-refractivity contribution is 5.45. The molecule has 0 unspecified atom stereocenters. The summed E-state index contributed by atoms with van der Waals surface area (Å²) in [7, 11) is 1.58. The molecule has 1 aromatic heterocycles. The Morgan fingerprint density at radius 3 is 2.47 bits per heavy atom. The fourth-order valence-electron chi connectivity index (χ4n) is 2.03. The molecule has 0 aliphatic carbocycles. The molecule has 1 N–H and O–H groups in total. The number of hydrogen-bond donors (Lipinski definition) is 1. The summed E-state index contributed by atoms with van der Waals surface area (Å²) < 4.78 is 7.25. The van der Waals surface area contributed by atoms with Crippen molar-refractivity contribution in [3.63, 3.8) is 0 Å². The summed E-state index contributed by atoms with van der Waals surface area (Å²) in [4.78, 5) is 0. The highest BCUT2D eigenvalue weighted by atomic mass is 16.5. The van der Waals surface area contributed by atoms with Crippen LogP contribution in [-0.2, 0) is 6.54 Å². The van der Waals surface area contributed by atoms with Crippen LogP contribution in [0.4, 0.5) is 0 Å². The number of benzene rings is 1. The van der Waals surface area contributed by atoms with E-state index in [-0.39, 0.29) is 0 Å². The van der Waals surface area contributed by atoms with Gasteiger partial charge in [-0.25, -0.2) is 0 Å². The Hall–Kier alpha value is -2.41. The molecule has 1 heterocycles. The molecule has 2 aromatic rings. The minimum absolute atomic E-state index is 0.555. The van der Waals surface area contributed by atoms with E-state index in [1.807, 2.05) is 16.8 Å². The van der Waals surface area contributed by atoms with Gasteiger partial charge in [-0.15, -0.1) is 0 Å². The van der Waals surface area contributed by atoms with Crippen molar-refractivity contribution in [1.82, 2.24) is 4.68 Å². The third-order valence-electron chi connectivity index (χ3n) is 3.10. The highest BCUT2D eigenvalue weighted by Gasteiger charge is 2.04. The highest BCUT2D eigenvalue weighted by Crippen LogP contribution is 2.19. The third kappa shape index (κ3) is 2.71. The average Bonchev–Trinajstić information content (AvgIpc) is 2.75. The summed E-state index contributed by atoms with van der Waals surface area (Å²) in [6.45, 7) is 4.79. The van der Waals surface area contributed by atoms with Crippen LogP contribution in [0.5, 0.6) is 5.75 Å². The first-order valence-corrected chi connectivity index (χ1v) is 6.11. The first-order valence-electron chi connectivity index (χ1n) is 6.11. The van der Waals surface area contributed by atoms with Gasteiger partial charge in [0.25, 0.3) is 0 Å². The van der Waals surface area contributed by atoms with E-state index < -0.39 is 0 Å². The van der Waals surface area contributed by atoms with E-state index in [4.69, 9.17) is 10.00 Å². The van der Waals surface area contributed by atoms with Crippen LogP contribution >= 0.6 is 0 Å². The van der Waals surface area contributed by atoms with Gasteiger partial charge >= 0.3 is 0 Å². The van der Waals surface area contributed by atoms with E-state index in [1.54, 1.807) is 13.2 Å². The van der Waals surface area contributed by atoms with Crippen molar-refractivity contribution < 1.29 is 4.74 Å². The van der Waals surface area contributed by atoms with E-state index in [9.17, 15) is 0 Å². The lowest BCUT2D eigenvalue weighted by Gasteiger charge is -2.13. The van der Waals surface area contributed by atoms with Crippen LogP contribution in [0.15, 0.2) is 30.3 Å². The van der Waals surface area contributed by atoms with Crippen LogP contribution in [0, 0.1) is 25.2 Å². The van der Waals surface area contributed by atoms with Gasteiger partial charge in [0.05, 0.1) is 19.2 Å². The second-order valence-electron chi connectivity index (χ2n) is 4.43. The van der Waals surface area contributed by atoms with E-state index in [1.165, 1.54) is 0 Å². The maximum absolute atomic E-state index is 8.94. The van der Waals surface area contributed by atoms with E-state index in [2.05, 4.69) is 37.5 Å². The molecule has 0 aliphatic heterocycles. The number of methoxy groups -OCH3 is 1. The van der Waals surface area contributed by atoms with Gasteiger partial charge in [-0.2, -0.15) is 5.26 Å². The van der Waals surface area contributed by atoms with Gasteiger partial charge in [-0.1, -0.05) is 6.07 Å². The Balaban J connectivity index is 2.15. The Kier molecular flexibility index (Phi) is 3.76. The number of nitrogens with zero attached hydrogens (tertiary/aromatic N) is 2. The number of rotatable bonds is 4. The molecule has 0 bridgehead atoms. The first kappa shape index (κ1) is 13.0. The second kappa shape index (κ2) is 5.49. The quantitative estimate of drug-likeness (QED) is 0.913. The summed E-state index contributed by atoms with van der Waals surface area (Å²) in [6, 6.07) is 11.9. The van der Waals surface area contributed by atoms with E-state index in [0.29, 0.717) is 17.9 Å². The van der Waals surface area contributed by atoms with Crippen molar-refractivity contribution in [2.45, 2.75) is 20.4 Å². The predicted octanol–water partition coefficient (Wildman–Crippen LogP) is 2.73. The number of aryl methyl sites for hydroxylation is 2. The average molecular weight is 255 g/mol. The second-order valence-corrected chi connectivity index (χ2v) is 4.43. The van der Waals surface area contributed by atoms with Gasteiger partial charge in [-0.05, 0) is 43.7 Å². The molecule has 0 spiro atoms. The third-order valence-corrected chi connectivity index (χ3v) is 3.10. The van der Waals surface area contributed by atoms with E-state index in [0.717, 1.165) is 17.0 Å². The summed E-state index contributed by atoms with van der Waals surface area (Å²) >= 11 is 0. The summed E-state index contributed by atoms with van der Waals surface area (Å²) in [5.74, 6) is 0.614. The van der Waals surface area contributed by atoms with Crippen molar-refractivity contribution in [3.8, 4) is 11.8 Å². The Labute approximate surface area is 113 Å². The van der Waals surface area contributed by atoms with Crippen molar-refractivity contribution in [2.75, 3.05) is 12.5 Å². The van der Waals surface area contributed by atoms with Gasteiger partial charge in [0.15, 0.2) is 0 Å². The standard InChI is InChI=1S/C15H17N3O/c1-11-4-5-12(2)18(11)17-10-13-6-7-14(9-16)15(8-13)19-3/h4-8,17H,10H2,1-3H3. The molecule has 1 aromatic carbocycles. The lowest BCUT2D eigenvalue weighted by Crippen LogP contribution is -2.16. The zero-order valence-corrected chi connectivity index (χ0v) is 11.4. The van der Waals surface area contributed by atoms with Crippen molar-refractivity contribution >= 4 is 0 Å². The topological polar surface area (TPSA) is 50.0 Å². The number of ether oxygens (including phenoxy) is 1. The van der Waals surface area contributed by atoms with Crippen molar-refractivity contribution in [1.29, 1.82) is 5.26 Å². The Morgan fingerprint density at radius 2 is 1.89 bits per heavy atom. The maximum Gasteiger partial charge on any atom is 0.136 e. The molecule has 0 fully saturated rings. The molecule has 0 radical (unpaired) electrons. The fourth-order valence-corrected chi connectivity index (χ4v) is 2.03. The van der Waals surface area contributed by atoms with Crippen LogP contribution in [0.25, 0.3) is 0 Å². The van der Waals surface area contributed by atoms with Crippen LogP contribution in [0.2, 0.25) is 0 Å². The Morgan fingerprint density at radius 1 is 1.21 bits per heavy atom. The molecule has 4 heteroatoms. The van der Waals surface area contributed by atoms with Gasteiger partial charge < -0.3 is 10.2 Å². The van der Waals surface area contributed by atoms with Crippen LogP contribution in [0.1, 0.15) is 22.5 Å². The monoisotopic (exact) mass is 255 g/mol. The van der Waals surface area contributed by atoms with Crippen molar-refractivity contribution in [3.05, 3.63) is 52.8 Å². The maximum atomic E-state index is 8.94. The molecule has 0 aliphatic rings. The molecular formula is C15H17N3O. The lowest BCUT2D eigenvalue weighted by atomic mass is 10.1. The summed E-state index contributed by atoms with van der Waals surface area (Å²) in [6.07, 6.45) is 0. The minimum Gasteiger partial charge on any atom is -0.495 e. The minimum atomic E-state index is 0.555. The zero-order chi connectivity index (χ0) is 13.8. The number of aromatic nitrogens is 1. The first-order chi connectivity index (χ1) is 9.15. The molecule has 0 saturated heterocycles. The SMILES string of the molecule is COc1cc(CNn2c(C)ccc2C)ccc1C#N. The molecule has 2 rings (SSSR count). The normalized spacial score (nSPS) is 10.0.